The van der Waals surface area contributed by atoms with Gasteiger partial charge in [0.15, 0.2) is 0 Å². The summed E-state index contributed by atoms with van der Waals surface area (Å²) in [5.74, 6) is -0.278. The first-order valence-corrected chi connectivity index (χ1v) is 4.63. The summed E-state index contributed by atoms with van der Waals surface area (Å²) >= 11 is 8.71. The maximum Gasteiger partial charge on any atom is 0.256 e. The third-order valence-electron chi connectivity index (χ3n) is 1.30. The van der Waals surface area contributed by atoms with E-state index in [-0.39, 0.29) is 11.1 Å². The monoisotopic (exact) mass is 263 g/mol. The Balaban J connectivity index is 2.59. The van der Waals surface area contributed by atoms with Gasteiger partial charge in [0.25, 0.3) is 5.91 Å². The summed E-state index contributed by atoms with van der Waals surface area (Å²) < 4.78 is 5.46. The van der Waals surface area contributed by atoms with Gasteiger partial charge in [-0.15, -0.1) is 0 Å². The van der Waals surface area contributed by atoms with Crippen LogP contribution in [0.2, 0.25) is 5.22 Å². The molecule has 1 heterocycles. The van der Waals surface area contributed by atoms with Crippen LogP contribution in [0.5, 0.6) is 0 Å². The maximum atomic E-state index is 11.3. The number of carbonyl (C=O) groups excluding carboxylic acids is 1. The van der Waals surface area contributed by atoms with Gasteiger partial charge in [0.1, 0.15) is 0 Å². The Kier molecular flexibility index (Phi) is 3.57. The standard InChI is InChI=1S/C8H7BrClNO2/c1-5(9)4-11-8(12)6-2-3-13-7(6)10/h2-3H,1,4H2,(H,11,12). The van der Waals surface area contributed by atoms with Crippen LogP contribution < -0.4 is 5.32 Å². The summed E-state index contributed by atoms with van der Waals surface area (Å²) in [5, 5.41) is 2.69. The zero-order valence-electron chi connectivity index (χ0n) is 6.64. The molecule has 70 valence electrons. The van der Waals surface area contributed by atoms with Gasteiger partial charge in [-0.25, -0.2) is 0 Å². The molecule has 0 bridgehead atoms. The molecule has 1 N–H and O–H groups in total. The van der Waals surface area contributed by atoms with Crippen molar-refractivity contribution in [3.05, 3.63) is 34.2 Å². The quantitative estimate of drug-likeness (QED) is 0.912. The van der Waals surface area contributed by atoms with E-state index in [1.165, 1.54) is 12.3 Å². The molecule has 1 aromatic heterocycles. The summed E-state index contributed by atoms with van der Waals surface area (Å²) in [7, 11) is 0. The lowest BCUT2D eigenvalue weighted by Gasteiger charge is -2.00. The molecule has 0 aliphatic carbocycles. The zero-order valence-corrected chi connectivity index (χ0v) is 8.98. The third-order valence-corrected chi connectivity index (χ3v) is 1.88. The Morgan fingerprint density at radius 1 is 1.77 bits per heavy atom. The molecule has 0 saturated heterocycles. The summed E-state index contributed by atoms with van der Waals surface area (Å²) in [5.41, 5.74) is 0.329. The molecule has 0 unspecified atom stereocenters. The van der Waals surface area contributed by atoms with Crippen molar-refractivity contribution in [2.45, 2.75) is 0 Å². The Morgan fingerprint density at radius 3 is 2.92 bits per heavy atom. The molecule has 1 aromatic rings. The van der Waals surface area contributed by atoms with E-state index in [1.807, 2.05) is 0 Å². The van der Waals surface area contributed by atoms with Gasteiger partial charge in [-0.2, -0.15) is 0 Å². The van der Waals surface area contributed by atoms with Crippen LogP contribution >= 0.6 is 27.5 Å². The van der Waals surface area contributed by atoms with Crippen LogP contribution in [0.3, 0.4) is 0 Å². The van der Waals surface area contributed by atoms with Crippen molar-refractivity contribution >= 4 is 33.4 Å². The van der Waals surface area contributed by atoms with Gasteiger partial charge in [0.05, 0.1) is 11.8 Å². The van der Waals surface area contributed by atoms with Crippen LogP contribution in [0.4, 0.5) is 0 Å². The van der Waals surface area contributed by atoms with E-state index in [0.717, 1.165) is 0 Å². The van der Waals surface area contributed by atoms with Gasteiger partial charge < -0.3 is 9.73 Å². The zero-order chi connectivity index (χ0) is 9.84. The predicted molar refractivity (Wildman–Crippen MR) is 54.1 cm³/mol. The van der Waals surface area contributed by atoms with E-state index < -0.39 is 0 Å². The minimum absolute atomic E-state index is 0.0951. The molecular formula is C8H7BrClNO2. The molecule has 1 amide bonds. The number of hydrogen-bond donors (Lipinski definition) is 1. The molecule has 1 rings (SSSR count). The lowest BCUT2D eigenvalue weighted by molar-refractivity contribution is 0.0957. The molecule has 0 radical (unpaired) electrons. The Morgan fingerprint density at radius 2 is 2.46 bits per heavy atom. The highest BCUT2D eigenvalue weighted by Gasteiger charge is 2.11. The smallest absolute Gasteiger partial charge is 0.256 e. The maximum absolute atomic E-state index is 11.3. The van der Waals surface area contributed by atoms with Gasteiger partial charge in [0.2, 0.25) is 5.22 Å². The molecule has 0 aliphatic rings. The second-order valence-electron chi connectivity index (χ2n) is 2.31. The van der Waals surface area contributed by atoms with Crippen LogP contribution in [-0.4, -0.2) is 12.5 Å². The van der Waals surface area contributed by atoms with Crippen LogP contribution in [-0.2, 0) is 0 Å². The molecule has 0 spiro atoms. The van der Waals surface area contributed by atoms with E-state index in [9.17, 15) is 4.79 Å². The predicted octanol–water partition coefficient (Wildman–Crippen LogP) is 2.57. The van der Waals surface area contributed by atoms with Gasteiger partial charge in [-0.3, -0.25) is 4.79 Å². The van der Waals surface area contributed by atoms with Crippen molar-refractivity contribution in [2.24, 2.45) is 0 Å². The summed E-state index contributed by atoms with van der Waals surface area (Å²) in [6, 6.07) is 1.51. The highest BCUT2D eigenvalue weighted by atomic mass is 79.9. The average Bonchev–Trinajstić information content (AvgIpc) is 2.47. The molecule has 0 saturated carbocycles. The van der Waals surface area contributed by atoms with Crippen molar-refractivity contribution in [3.63, 3.8) is 0 Å². The number of nitrogens with one attached hydrogen (secondary N) is 1. The number of halogens is 2. The Labute approximate surface area is 88.9 Å². The van der Waals surface area contributed by atoms with E-state index in [4.69, 9.17) is 16.0 Å². The van der Waals surface area contributed by atoms with Crippen molar-refractivity contribution in [3.8, 4) is 0 Å². The van der Waals surface area contributed by atoms with Crippen molar-refractivity contribution < 1.29 is 9.21 Å². The second kappa shape index (κ2) is 4.48. The van der Waals surface area contributed by atoms with E-state index in [0.29, 0.717) is 16.6 Å². The summed E-state index contributed by atoms with van der Waals surface area (Å²) in [6.45, 7) is 3.94. The lowest BCUT2D eigenvalue weighted by Crippen LogP contribution is -2.24. The molecule has 13 heavy (non-hydrogen) atoms. The first kappa shape index (κ1) is 10.3. The van der Waals surface area contributed by atoms with Gasteiger partial charge in [-0.1, -0.05) is 22.5 Å². The normalized spacial score (nSPS) is 9.69. The molecule has 0 atom stereocenters. The number of rotatable bonds is 3. The Bertz CT molecular complexity index is 335. The fraction of sp³-hybridized carbons (Fsp3) is 0.125. The van der Waals surface area contributed by atoms with Gasteiger partial charge >= 0.3 is 0 Å². The van der Waals surface area contributed by atoms with Gasteiger partial charge in [-0.05, 0) is 17.7 Å². The highest BCUT2D eigenvalue weighted by Crippen LogP contribution is 2.16. The molecular weight excluding hydrogens is 257 g/mol. The first-order valence-electron chi connectivity index (χ1n) is 3.45. The molecule has 0 aromatic carbocycles. The van der Waals surface area contributed by atoms with Crippen LogP contribution in [0, 0.1) is 0 Å². The van der Waals surface area contributed by atoms with Crippen LogP contribution in [0.1, 0.15) is 10.4 Å². The largest absolute Gasteiger partial charge is 0.452 e. The van der Waals surface area contributed by atoms with E-state index in [2.05, 4.69) is 27.8 Å². The van der Waals surface area contributed by atoms with Crippen molar-refractivity contribution in [2.75, 3.05) is 6.54 Å². The SMILES string of the molecule is C=C(Br)CNC(=O)c1ccoc1Cl. The minimum Gasteiger partial charge on any atom is -0.452 e. The van der Waals surface area contributed by atoms with E-state index in [1.54, 1.807) is 0 Å². The second-order valence-corrected chi connectivity index (χ2v) is 3.77. The average molecular weight is 265 g/mol. The number of amides is 1. The van der Waals surface area contributed by atoms with Crippen LogP contribution in [0.25, 0.3) is 0 Å². The summed E-state index contributed by atoms with van der Waals surface area (Å²) in [4.78, 5) is 11.3. The number of carbonyl (C=O) groups is 1. The molecule has 3 nitrogen and oxygen atoms in total. The van der Waals surface area contributed by atoms with E-state index >= 15 is 0 Å². The highest BCUT2D eigenvalue weighted by molar-refractivity contribution is 9.11. The minimum atomic E-state index is -0.278. The Hall–Kier alpha value is -0.740. The fourth-order valence-electron chi connectivity index (χ4n) is 0.727. The molecule has 0 aliphatic heterocycles. The van der Waals surface area contributed by atoms with Crippen molar-refractivity contribution in [1.82, 2.24) is 5.32 Å². The topological polar surface area (TPSA) is 42.2 Å². The molecule has 5 heteroatoms. The molecule has 0 fully saturated rings. The lowest BCUT2D eigenvalue weighted by atomic mass is 10.3. The summed E-state index contributed by atoms with van der Waals surface area (Å²) in [6.07, 6.45) is 1.36. The first-order chi connectivity index (χ1) is 6.11. The number of furan rings is 1. The third kappa shape index (κ3) is 2.90. The number of hydrogen-bond acceptors (Lipinski definition) is 2. The fourth-order valence-corrected chi connectivity index (χ4v) is 1.07. The van der Waals surface area contributed by atoms with Crippen LogP contribution in [0.15, 0.2) is 27.8 Å². The van der Waals surface area contributed by atoms with Crippen molar-refractivity contribution in [1.29, 1.82) is 0 Å². The van der Waals surface area contributed by atoms with Gasteiger partial charge in [0, 0.05) is 11.0 Å².